The lowest BCUT2D eigenvalue weighted by Gasteiger charge is -2.20. The van der Waals surface area contributed by atoms with Gasteiger partial charge in [0.05, 0.1) is 5.69 Å². The Balaban J connectivity index is 2.82. The lowest BCUT2D eigenvalue weighted by Crippen LogP contribution is -2.27. The van der Waals surface area contributed by atoms with Gasteiger partial charge in [-0.15, -0.1) is 0 Å². The van der Waals surface area contributed by atoms with Gasteiger partial charge in [-0.25, -0.2) is 4.79 Å². The zero-order chi connectivity index (χ0) is 14.6. The first-order valence-corrected chi connectivity index (χ1v) is 6.37. The van der Waals surface area contributed by atoms with Crippen molar-refractivity contribution >= 4 is 27.7 Å². The van der Waals surface area contributed by atoms with Crippen LogP contribution < -0.4 is 5.32 Å². The monoisotopic (exact) mass is 330 g/mol. The summed E-state index contributed by atoms with van der Waals surface area (Å²) >= 11 is 3.26. The van der Waals surface area contributed by atoms with Crippen LogP contribution in [0, 0.1) is 10.1 Å². The largest absolute Gasteiger partial charge is 0.444 e. The first-order chi connectivity index (χ1) is 8.67. The van der Waals surface area contributed by atoms with Crippen LogP contribution in [0.3, 0.4) is 0 Å². The molecule has 19 heavy (non-hydrogen) atoms. The van der Waals surface area contributed by atoms with Gasteiger partial charge < -0.3 is 4.74 Å². The van der Waals surface area contributed by atoms with Crippen molar-refractivity contribution in [3.63, 3.8) is 0 Å². The number of nitro groups is 1. The Bertz CT molecular complexity index is 497. The van der Waals surface area contributed by atoms with E-state index in [0.717, 1.165) is 0 Å². The molecule has 0 aliphatic heterocycles. The quantitative estimate of drug-likeness (QED) is 0.678. The number of benzene rings is 1. The third-order valence-electron chi connectivity index (χ3n) is 1.98. The summed E-state index contributed by atoms with van der Waals surface area (Å²) in [5.74, 6) is 0. The predicted octanol–water partition coefficient (Wildman–Crippen LogP) is 3.57. The second kappa shape index (κ2) is 6.01. The normalized spacial score (nSPS) is 10.9. The molecule has 0 aromatic heterocycles. The van der Waals surface area contributed by atoms with Crippen LogP contribution >= 0.6 is 15.9 Å². The summed E-state index contributed by atoms with van der Waals surface area (Å²) < 4.78 is 5.74. The number of nitrogens with one attached hydrogen (secondary N) is 1. The summed E-state index contributed by atoms with van der Waals surface area (Å²) in [5.41, 5.74) is 0.336. The first kappa shape index (κ1) is 15.4. The molecule has 0 aliphatic rings. The van der Waals surface area contributed by atoms with Gasteiger partial charge in [0.15, 0.2) is 0 Å². The highest BCUT2D eigenvalue weighted by atomic mass is 79.9. The summed E-state index contributed by atoms with van der Waals surface area (Å²) in [6, 6.07) is 4.80. The summed E-state index contributed by atoms with van der Waals surface area (Å²) in [6.07, 6.45) is -0.605. The van der Waals surface area contributed by atoms with Gasteiger partial charge in [0.2, 0.25) is 6.54 Å². The van der Waals surface area contributed by atoms with E-state index in [1.165, 1.54) is 6.07 Å². The van der Waals surface area contributed by atoms with E-state index in [0.29, 0.717) is 15.7 Å². The van der Waals surface area contributed by atoms with Crippen molar-refractivity contribution in [3.8, 4) is 0 Å². The van der Waals surface area contributed by atoms with E-state index in [9.17, 15) is 14.9 Å². The van der Waals surface area contributed by atoms with Crippen molar-refractivity contribution in [2.45, 2.75) is 32.9 Å². The smallest absolute Gasteiger partial charge is 0.412 e. The van der Waals surface area contributed by atoms with Crippen molar-refractivity contribution in [1.82, 2.24) is 0 Å². The summed E-state index contributed by atoms with van der Waals surface area (Å²) in [4.78, 5) is 21.7. The molecule has 1 aromatic carbocycles. The van der Waals surface area contributed by atoms with Gasteiger partial charge in [0, 0.05) is 15.0 Å². The van der Waals surface area contributed by atoms with E-state index in [1.807, 2.05) is 0 Å². The number of ether oxygens (including phenoxy) is 1. The third kappa shape index (κ3) is 5.69. The fourth-order valence-electron chi connectivity index (χ4n) is 1.33. The maximum atomic E-state index is 11.6. The van der Waals surface area contributed by atoms with Crippen LogP contribution in [0.25, 0.3) is 0 Å². The molecule has 0 atom stereocenters. The molecule has 1 N–H and O–H groups in total. The molecule has 0 heterocycles. The second-order valence-corrected chi connectivity index (χ2v) is 5.79. The Morgan fingerprint density at radius 1 is 1.47 bits per heavy atom. The Morgan fingerprint density at radius 2 is 2.11 bits per heavy atom. The molecule has 0 bridgehead atoms. The van der Waals surface area contributed by atoms with Crippen molar-refractivity contribution < 1.29 is 14.5 Å². The minimum atomic E-state index is -0.605. The summed E-state index contributed by atoms with van der Waals surface area (Å²) in [5, 5.41) is 13.0. The number of rotatable bonds is 3. The first-order valence-electron chi connectivity index (χ1n) is 5.57. The molecule has 0 spiro atoms. The molecule has 0 unspecified atom stereocenters. The number of hydrogen-bond donors (Lipinski definition) is 1. The minimum Gasteiger partial charge on any atom is -0.444 e. The topological polar surface area (TPSA) is 81.5 Å². The highest BCUT2D eigenvalue weighted by Gasteiger charge is 2.17. The second-order valence-electron chi connectivity index (χ2n) is 4.93. The Labute approximate surface area is 119 Å². The molecule has 6 nitrogen and oxygen atoms in total. The molecule has 0 fully saturated rings. The maximum Gasteiger partial charge on any atom is 0.412 e. The van der Waals surface area contributed by atoms with Crippen LogP contribution in [-0.2, 0) is 11.3 Å². The van der Waals surface area contributed by atoms with Crippen LogP contribution in [0.15, 0.2) is 22.7 Å². The van der Waals surface area contributed by atoms with E-state index >= 15 is 0 Å². The standard InChI is InChI=1S/C12H15BrN2O4/c1-12(2,3)19-11(16)14-10-6-8(7-15(17)18)4-5-9(10)13/h4-6H,7H2,1-3H3,(H,14,16). The molecule has 1 amide bonds. The highest BCUT2D eigenvalue weighted by molar-refractivity contribution is 9.10. The van der Waals surface area contributed by atoms with Crippen molar-refractivity contribution in [2.24, 2.45) is 0 Å². The van der Waals surface area contributed by atoms with Crippen LogP contribution in [0.5, 0.6) is 0 Å². The number of amides is 1. The average Bonchev–Trinajstić information content (AvgIpc) is 2.19. The lowest BCUT2D eigenvalue weighted by molar-refractivity contribution is -0.496. The van der Waals surface area contributed by atoms with Gasteiger partial charge >= 0.3 is 6.09 Å². The third-order valence-corrected chi connectivity index (χ3v) is 2.67. The van der Waals surface area contributed by atoms with Crippen molar-refractivity contribution in [2.75, 3.05) is 5.32 Å². The average molecular weight is 331 g/mol. The van der Waals surface area contributed by atoms with Crippen LogP contribution in [0.1, 0.15) is 26.3 Å². The number of nitrogens with zero attached hydrogens (tertiary/aromatic N) is 1. The van der Waals surface area contributed by atoms with E-state index in [4.69, 9.17) is 4.74 Å². The fourth-order valence-corrected chi connectivity index (χ4v) is 1.67. The molecule has 104 valence electrons. The van der Waals surface area contributed by atoms with E-state index in [2.05, 4.69) is 21.2 Å². The SMILES string of the molecule is CC(C)(C)OC(=O)Nc1cc(C[N+](=O)[O-])ccc1Br. The number of hydrogen-bond acceptors (Lipinski definition) is 4. The number of carbonyl (C=O) groups is 1. The van der Waals surface area contributed by atoms with Gasteiger partial charge in [-0.1, -0.05) is 6.07 Å². The van der Waals surface area contributed by atoms with Crippen molar-refractivity contribution in [3.05, 3.63) is 38.3 Å². The Kier molecular flexibility index (Phi) is 4.88. The molecule has 7 heteroatoms. The van der Waals surface area contributed by atoms with Crippen molar-refractivity contribution in [1.29, 1.82) is 0 Å². The Morgan fingerprint density at radius 3 is 2.63 bits per heavy atom. The Hall–Kier alpha value is -1.63. The molecule has 0 saturated carbocycles. The van der Waals surface area contributed by atoms with Gasteiger partial charge in [0.1, 0.15) is 5.60 Å². The van der Waals surface area contributed by atoms with E-state index < -0.39 is 16.6 Å². The van der Waals surface area contributed by atoms with Gasteiger partial charge in [-0.2, -0.15) is 0 Å². The predicted molar refractivity (Wildman–Crippen MR) is 74.7 cm³/mol. The van der Waals surface area contributed by atoms with Gasteiger partial charge in [-0.3, -0.25) is 15.4 Å². The van der Waals surface area contributed by atoms with Gasteiger partial charge in [0.25, 0.3) is 0 Å². The maximum absolute atomic E-state index is 11.6. The number of anilines is 1. The van der Waals surface area contributed by atoms with Gasteiger partial charge in [-0.05, 0) is 48.8 Å². The number of halogens is 1. The molecule has 0 saturated heterocycles. The zero-order valence-electron chi connectivity index (χ0n) is 10.9. The molecular weight excluding hydrogens is 316 g/mol. The van der Waals surface area contributed by atoms with Crippen LogP contribution in [0.2, 0.25) is 0 Å². The minimum absolute atomic E-state index is 0.295. The fraction of sp³-hybridized carbons (Fsp3) is 0.417. The lowest BCUT2D eigenvalue weighted by atomic mass is 10.2. The zero-order valence-corrected chi connectivity index (χ0v) is 12.5. The number of carbonyl (C=O) groups excluding carboxylic acids is 1. The van der Waals surface area contributed by atoms with E-state index in [1.54, 1.807) is 32.9 Å². The molecular formula is C12H15BrN2O4. The molecule has 1 rings (SSSR count). The molecule has 0 radical (unpaired) electrons. The van der Waals surface area contributed by atoms with Crippen LogP contribution in [-0.4, -0.2) is 16.6 Å². The summed E-state index contributed by atoms with van der Waals surface area (Å²) in [6.45, 7) is 4.97. The van der Waals surface area contributed by atoms with E-state index in [-0.39, 0.29) is 6.54 Å². The molecule has 1 aromatic rings. The summed E-state index contributed by atoms with van der Waals surface area (Å²) in [7, 11) is 0. The molecule has 0 aliphatic carbocycles. The van der Waals surface area contributed by atoms with Crippen LogP contribution in [0.4, 0.5) is 10.5 Å². The highest BCUT2D eigenvalue weighted by Crippen LogP contribution is 2.24.